The van der Waals surface area contributed by atoms with Gasteiger partial charge in [0.1, 0.15) is 5.82 Å². The fraction of sp³-hybridized carbons (Fsp3) is 0.625. The SMILES string of the molecule is CCNC(Cc1ccc(F)cc1Br)C(OCC)C1CC1. The highest BCUT2D eigenvalue weighted by Crippen LogP contribution is 2.37. The van der Waals surface area contributed by atoms with Crippen LogP contribution in [0.25, 0.3) is 0 Å². The van der Waals surface area contributed by atoms with E-state index in [-0.39, 0.29) is 18.0 Å². The topological polar surface area (TPSA) is 21.3 Å². The van der Waals surface area contributed by atoms with E-state index in [1.165, 1.54) is 25.0 Å². The van der Waals surface area contributed by atoms with Crippen molar-refractivity contribution in [2.45, 2.75) is 45.3 Å². The molecule has 2 unspecified atom stereocenters. The predicted molar refractivity (Wildman–Crippen MR) is 83.4 cm³/mol. The Kier molecular flexibility index (Phi) is 6.00. The van der Waals surface area contributed by atoms with Crippen LogP contribution in [0.15, 0.2) is 22.7 Å². The standard InChI is InChI=1S/C16H23BrFNO/c1-3-19-15(16(20-4-2)11-5-6-11)9-12-7-8-13(18)10-14(12)17/h7-8,10-11,15-16,19H,3-6,9H2,1-2H3. The van der Waals surface area contributed by atoms with Crippen LogP contribution in [-0.4, -0.2) is 25.3 Å². The maximum Gasteiger partial charge on any atom is 0.124 e. The molecule has 20 heavy (non-hydrogen) atoms. The monoisotopic (exact) mass is 343 g/mol. The van der Waals surface area contributed by atoms with Gasteiger partial charge in [-0.25, -0.2) is 4.39 Å². The molecule has 1 aliphatic carbocycles. The predicted octanol–water partition coefficient (Wildman–Crippen LogP) is 3.92. The van der Waals surface area contributed by atoms with Crippen LogP contribution in [0.3, 0.4) is 0 Å². The van der Waals surface area contributed by atoms with Crippen molar-refractivity contribution >= 4 is 15.9 Å². The highest BCUT2D eigenvalue weighted by Gasteiger charge is 2.37. The average molecular weight is 344 g/mol. The maximum absolute atomic E-state index is 13.2. The van der Waals surface area contributed by atoms with Crippen molar-refractivity contribution in [3.8, 4) is 0 Å². The van der Waals surface area contributed by atoms with Crippen LogP contribution < -0.4 is 5.32 Å². The van der Waals surface area contributed by atoms with Gasteiger partial charge in [0.25, 0.3) is 0 Å². The molecule has 0 saturated heterocycles. The average Bonchev–Trinajstić information content (AvgIpc) is 3.23. The molecule has 0 spiro atoms. The highest BCUT2D eigenvalue weighted by molar-refractivity contribution is 9.10. The third-order valence-electron chi connectivity index (χ3n) is 3.76. The molecule has 1 aromatic rings. The van der Waals surface area contributed by atoms with Crippen LogP contribution in [-0.2, 0) is 11.2 Å². The fourth-order valence-electron chi connectivity index (χ4n) is 2.69. The first kappa shape index (κ1) is 15.9. The largest absolute Gasteiger partial charge is 0.377 e. The zero-order chi connectivity index (χ0) is 14.5. The van der Waals surface area contributed by atoms with E-state index in [0.29, 0.717) is 5.92 Å². The van der Waals surface area contributed by atoms with E-state index in [4.69, 9.17) is 4.74 Å². The Morgan fingerprint density at radius 2 is 2.15 bits per heavy atom. The molecular formula is C16H23BrFNO. The number of nitrogens with one attached hydrogen (secondary N) is 1. The molecule has 2 nitrogen and oxygen atoms in total. The van der Waals surface area contributed by atoms with E-state index in [2.05, 4.69) is 28.2 Å². The maximum atomic E-state index is 13.2. The van der Waals surface area contributed by atoms with Crippen molar-refractivity contribution < 1.29 is 9.13 Å². The Morgan fingerprint density at radius 1 is 1.40 bits per heavy atom. The molecule has 1 aromatic carbocycles. The van der Waals surface area contributed by atoms with Crippen LogP contribution in [0.4, 0.5) is 4.39 Å². The van der Waals surface area contributed by atoms with Crippen LogP contribution in [0, 0.1) is 11.7 Å². The fourth-order valence-corrected chi connectivity index (χ4v) is 3.20. The van der Waals surface area contributed by atoms with E-state index in [1.807, 2.05) is 13.0 Å². The Labute approximate surface area is 129 Å². The number of likely N-dealkylation sites (N-methyl/N-ethyl adjacent to an activating group) is 1. The minimum absolute atomic E-state index is 0.204. The van der Waals surface area contributed by atoms with Crippen molar-refractivity contribution in [1.82, 2.24) is 5.32 Å². The molecule has 0 aliphatic heterocycles. The van der Waals surface area contributed by atoms with E-state index in [9.17, 15) is 4.39 Å². The van der Waals surface area contributed by atoms with Gasteiger partial charge < -0.3 is 10.1 Å². The third-order valence-corrected chi connectivity index (χ3v) is 4.50. The molecule has 112 valence electrons. The lowest BCUT2D eigenvalue weighted by Gasteiger charge is -2.28. The summed E-state index contributed by atoms with van der Waals surface area (Å²) >= 11 is 3.46. The molecule has 1 saturated carbocycles. The zero-order valence-corrected chi connectivity index (χ0v) is 13.7. The van der Waals surface area contributed by atoms with Gasteiger partial charge in [0.15, 0.2) is 0 Å². The van der Waals surface area contributed by atoms with Gasteiger partial charge in [-0.05, 0) is 56.3 Å². The molecule has 0 radical (unpaired) electrons. The lowest BCUT2D eigenvalue weighted by molar-refractivity contribution is 0.0195. The molecule has 1 aliphatic rings. The summed E-state index contributed by atoms with van der Waals surface area (Å²) in [5, 5.41) is 3.54. The number of halogens is 2. The van der Waals surface area contributed by atoms with Crippen molar-refractivity contribution in [3.05, 3.63) is 34.1 Å². The molecule has 1 fully saturated rings. The summed E-state index contributed by atoms with van der Waals surface area (Å²) in [6.45, 7) is 5.82. The van der Waals surface area contributed by atoms with Gasteiger partial charge in [-0.1, -0.05) is 28.9 Å². The Balaban J connectivity index is 2.10. The molecule has 0 heterocycles. The Morgan fingerprint density at radius 3 is 2.70 bits per heavy atom. The first-order valence-electron chi connectivity index (χ1n) is 7.44. The normalized spacial score (nSPS) is 18.0. The highest BCUT2D eigenvalue weighted by atomic mass is 79.9. The summed E-state index contributed by atoms with van der Waals surface area (Å²) in [6.07, 6.45) is 3.64. The lowest BCUT2D eigenvalue weighted by Crippen LogP contribution is -2.44. The quantitative estimate of drug-likeness (QED) is 0.772. The van der Waals surface area contributed by atoms with Gasteiger partial charge in [-0.2, -0.15) is 0 Å². The van der Waals surface area contributed by atoms with E-state index in [1.54, 1.807) is 0 Å². The first-order valence-corrected chi connectivity index (χ1v) is 8.23. The summed E-state index contributed by atoms with van der Waals surface area (Å²) in [7, 11) is 0. The Hall–Kier alpha value is -0.450. The molecule has 0 bridgehead atoms. The molecule has 4 heteroatoms. The Bertz CT molecular complexity index is 436. The van der Waals surface area contributed by atoms with Crippen LogP contribution in [0.5, 0.6) is 0 Å². The van der Waals surface area contributed by atoms with Crippen LogP contribution in [0.1, 0.15) is 32.3 Å². The lowest BCUT2D eigenvalue weighted by atomic mass is 9.98. The zero-order valence-electron chi connectivity index (χ0n) is 12.2. The van der Waals surface area contributed by atoms with Crippen LogP contribution in [0.2, 0.25) is 0 Å². The number of ether oxygens (including phenoxy) is 1. The van der Waals surface area contributed by atoms with Gasteiger partial charge in [-0.3, -0.25) is 0 Å². The van der Waals surface area contributed by atoms with Crippen molar-refractivity contribution in [3.63, 3.8) is 0 Å². The summed E-state index contributed by atoms with van der Waals surface area (Å²) in [4.78, 5) is 0. The summed E-state index contributed by atoms with van der Waals surface area (Å²) in [6, 6.07) is 5.20. The van der Waals surface area contributed by atoms with Gasteiger partial charge in [0.05, 0.1) is 6.10 Å². The van der Waals surface area contributed by atoms with Gasteiger partial charge in [-0.15, -0.1) is 0 Å². The van der Waals surface area contributed by atoms with Gasteiger partial charge in [0.2, 0.25) is 0 Å². The van der Waals surface area contributed by atoms with Crippen molar-refractivity contribution in [2.75, 3.05) is 13.2 Å². The number of benzene rings is 1. The van der Waals surface area contributed by atoms with E-state index < -0.39 is 0 Å². The number of hydrogen-bond acceptors (Lipinski definition) is 2. The molecule has 2 rings (SSSR count). The second kappa shape index (κ2) is 7.53. The van der Waals surface area contributed by atoms with E-state index >= 15 is 0 Å². The number of rotatable bonds is 8. The van der Waals surface area contributed by atoms with Crippen molar-refractivity contribution in [2.24, 2.45) is 5.92 Å². The smallest absolute Gasteiger partial charge is 0.124 e. The molecule has 2 atom stereocenters. The second-order valence-electron chi connectivity index (χ2n) is 5.36. The number of hydrogen-bond donors (Lipinski definition) is 1. The van der Waals surface area contributed by atoms with Crippen molar-refractivity contribution in [1.29, 1.82) is 0 Å². The first-order chi connectivity index (χ1) is 9.65. The molecule has 0 aromatic heterocycles. The summed E-state index contributed by atoms with van der Waals surface area (Å²) in [5.74, 6) is 0.474. The second-order valence-corrected chi connectivity index (χ2v) is 6.22. The van der Waals surface area contributed by atoms with E-state index in [0.717, 1.165) is 29.6 Å². The molecular weight excluding hydrogens is 321 g/mol. The van der Waals surface area contributed by atoms with Gasteiger partial charge >= 0.3 is 0 Å². The minimum Gasteiger partial charge on any atom is -0.377 e. The third kappa shape index (κ3) is 4.27. The summed E-state index contributed by atoms with van der Waals surface area (Å²) in [5.41, 5.74) is 1.13. The molecule has 1 N–H and O–H groups in total. The van der Waals surface area contributed by atoms with Crippen LogP contribution >= 0.6 is 15.9 Å². The summed E-state index contributed by atoms with van der Waals surface area (Å²) < 4.78 is 20.0. The molecule has 0 amide bonds. The minimum atomic E-state index is -0.204. The van der Waals surface area contributed by atoms with Gasteiger partial charge in [0, 0.05) is 17.1 Å².